The van der Waals surface area contributed by atoms with E-state index < -0.39 is 0 Å². The maximum atomic E-state index is 13.1. The number of nitrogens with zero attached hydrogens (tertiary/aromatic N) is 3. The summed E-state index contributed by atoms with van der Waals surface area (Å²) in [7, 11) is 0. The first-order valence-corrected chi connectivity index (χ1v) is 9.81. The monoisotopic (exact) mass is 397 g/mol. The van der Waals surface area contributed by atoms with Crippen LogP contribution in [0.15, 0.2) is 35.7 Å². The van der Waals surface area contributed by atoms with Crippen LogP contribution in [-0.2, 0) is 12.8 Å². The molecule has 28 heavy (non-hydrogen) atoms. The van der Waals surface area contributed by atoms with E-state index in [1.54, 1.807) is 12.1 Å². The average Bonchev–Trinajstić information content (AvgIpc) is 3.30. The van der Waals surface area contributed by atoms with Crippen LogP contribution in [-0.4, -0.2) is 22.2 Å². The summed E-state index contributed by atoms with van der Waals surface area (Å²) >= 11 is 1.43. The lowest BCUT2D eigenvalue weighted by Crippen LogP contribution is -2.24. The van der Waals surface area contributed by atoms with E-state index in [4.69, 9.17) is 5.73 Å². The van der Waals surface area contributed by atoms with Gasteiger partial charge < -0.3 is 11.1 Å². The Bertz CT molecular complexity index is 1020. The number of halogens is 1. The fourth-order valence-electron chi connectivity index (χ4n) is 2.91. The van der Waals surface area contributed by atoms with Gasteiger partial charge in [0.1, 0.15) is 23.3 Å². The molecule has 0 aliphatic heterocycles. The van der Waals surface area contributed by atoms with Gasteiger partial charge in [-0.2, -0.15) is 10.4 Å². The quantitative estimate of drug-likeness (QED) is 0.597. The van der Waals surface area contributed by atoms with Crippen LogP contribution in [0.5, 0.6) is 0 Å². The number of aromatic nitrogens is 2. The number of carbonyl (C=O) groups is 1. The maximum absolute atomic E-state index is 13.1. The lowest BCUT2D eigenvalue weighted by atomic mass is 10.1. The van der Waals surface area contributed by atoms with E-state index in [9.17, 15) is 14.4 Å². The number of nitrogen functional groups attached to an aromatic ring is 1. The van der Waals surface area contributed by atoms with Gasteiger partial charge in [0.25, 0.3) is 5.91 Å². The van der Waals surface area contributed by atoms with Gasteiger partial charge in [0.05, 0.1) is 16.3 Å². The van der Waals surface area contributed by atoms with Crippen molar-refractivity contribution in [2.75, 3.05) is 12.3 Å². The van der Waals surface area contributed by atoms with E-state index in [1.807, 2.05) is 18.4 Å². The van der Waals surface area contributed by atoms with E-state index >= 15 is 0 Å². The molecule has 0 aliphatic carbocycles. The van der Waals surface area contributed by atoms with Crippen molar-refractivity contribution >= 4 is 23.1 Å². The number of nitriles is 1. The fourth-order valence-corrected chi connectivity index (χ4v) is 3.82. The fraction of sp³-hybridized carbons (Fsp3) is 0.250. The summed E-state index contributed by atoms with van der Waals surface area (Å²) in [6, 6.07) is 9.77. The van der Waals surface area contributed by atoms with Crippen LogP contribution >= 0.6 is 11.3 Å². The van der Waals surface area contributed by atoms with Crippen LogP contribution in [0.3, 0.4) is 0 Å². The van der Waals surface area contributed by atoms with Gasteiger partial charge in [-0.3, -0.25) is 4.79 Å². The van der Waals surface area contributed by atoms with E-state index in [0.717, 1.165) is 16.9 Å². The first kappa shape index (κ1) is 19.6. The summed E-state index contributed by atoms with van der Waals surface area (Å²) in [4.78, 5) is 13.0. The van der Waals surface area contributed by atoms with Crippen molar-refractivity contribution < 1.29 is 9.18 Å². The molecule has 1 amide bonds. The second-order valence-corrected chi connectivity index (χ2v) is 7.11. The van der Waals surface area contributed by atoms with Crippen LogP contribution in [0.1, 0.15) is 39.8 Å². The number of benzene rings is 1. The standard InChI is InChI=1S/C20H20FN5OS/c1-2-13-9-11-28-18(13)20(27)24-10-3-4-17-16(12-22)19(23)26(25-17)15-7-5-14(21)6-8-15/h5-9,11H,2-4,10,23H2,1H3,(H,24,27). The Morgan fingerprint density at radius 1 is 1.36 bits per heavy atom. The number of nitrogens with one attached hydrogen (secondary N) is 1. The summed E-state index contributed by atoms with van der Waals surface area (Å²) in [6.07, 6.45) is 1.93. The van der Waals surface area contributed by atoms with Crippen LogP contribution in [0.2, 0.25) is 0 Å². The number of hydrogen-bond acceptors (Lipinski definition) is 5. The zero-order chi connectivity index (χ0) is 20.1. The van der Waals surface area contributed by atoms with Crippen molar-refractivity contribution in [2.24, 2.45) is 0 Å². The van der Waals surface area contributed by atoms with Crippen molar-refractivity contribution in [3.05, 3.63) is 63.2 Å². The van der Waals surface area contributed by atoms with Crippen LogP contribution in [0.25, 0.3) is 5.69 Å². The van der Waals surface area contributed by atoms with Gasteiger partial charge in [-0.15, -0.1) is 11.3 Å². The second kappa shape index (κ2) is 8.67. The molecule has 0 spiro atoms. The summed E-state index contributed by atoms with van der Waals surface area (Å²) in [5.74, 6) is -0.217. The molecule has 3 rings (SSSR count). The van der Waals surface area contributed by atoms with Gasteiger partial charge in [-0.1, -0.05) is 6.92 Å². The smallest absolute Gasteiger partial charge is 0.261 e. The molecule has 144 valence electrons. The minimum Gasteiger partial charge on any atom is -0.382 e. The minimum atomic E-state index is -0.358. The summed E-state index contributed by atoms with van der Waals surface area (Å²) in [5, 5.41) is 18.7. The highest BCUT2D eigenvalue weighted by molar-refractivity contribution is 7.12. The summed E-state index contributed by atoms with van der Waals surface area (Å²) in [6.45, 7) is 2.48. The number of hydrogen-bond donors (Lipinski definition) is 2. The first-order valence-electron chi connectivity index (χ1n) is 8.93. The Hall–Kier alpha value is -3.18. The Balaban J connectivity index is 1.64. The van der Waals surface area contributed by atoms with Crippen LogP contribution in [0.4, 0.5) is 10.2 Å². The highest BCUT2D eigenvalue weighted by Gasteiger charge is 2.17. The van der Waals surface area contributed by atoms with Gasteiger partial charge in [-0.25, -0.2) is 9.07 Å². The van der Waals surface area contributed by atoms with Crippen LogP contribution in [0, 0.1) is 17.1 Å². The molecule has 0 unspecified atom stereocenters. The molecule has 3 aromatic rings. The van der Waals surface area contributed by atoms with Crippen molar-refractivity contribution in [1.82, 2.24) is 15.1 Å². The van der Waals surface area contributed by atoms with Gasteiger partial charge in [-0.05, 0) is 60.5 Å². The molecule has 6 nitrogen and oxygen atoms in total. The Morgan fingerprint density at radius 2 is 2.11 bits per heavy atom. The predicted octanol–water partition coefficient (Wildman–Crippen LogP) is 3.45. The zero-order valence-electron chi connectivity index (χ0n) is 15.4. The van der Waals surface area contributed by atoms with E-state index in [1.165, 1.54) is 28.2 Å². The SMILES string of the molecule is CCc1ccsc1C(=O)NCCCc1nn(-c2ccc(F)cc2)c(N)c1C#N. The van der Waals surface area contributed by atoms with Crippen molar-refractivity contribution in [2.45, 2.75) is 26.2 Å². The first-order chi connectivity index (χ1) is 13.5. The maximum Gasteiger partial charge on any atom is 0.261 e. The van der Waals surface area contributed by atoms with E-state index in [0.29, 0.717) is 36.3 Å². The average molecular weight is 397 g/mol. The highest BCUT2D eigenvalue weighted by atomic mass is 32.1. The molecular weight excluding hydrogens is 377 g/mol. The third-order valence-electron chi connectivity index (χ3n) is 4.39. The number of thiophene rings is 1. The molecule has 0 atom stereocenters. The number of amides is 1. The molecular formula is C20H20FN5OS. The number of carbonyl (C=O) groups excluding carboxylic acids is 1. The Labute approximate surface area is 166 Å². The second-order valence-electron chi connectivity index (χ2n) is 6.19. The van der Waals surface area contributed by atoms with E-state index in [2.05, 4.69) is 16.5 Å². The molecule has 0 saturated carbocycles. The third kappa shape index (κ3) is 4.05. The molecule has 2 heterocycles. The van der Waals surface area contributed by atoms with Crippen molar-refractivity contribution in [1.29, 1.82) is 5.26 Å². The van der Waals surface area contributed by atoms with Gasteiger partial charge in [0.15, 0.2) is 0 Å². The summed E-state index contributed by atoms with van der Waals surface area (Å²) < 4.78 is 14.6. The Morgan fingerprint density at radius 3 is 2.79 bits per heavy atom. The Kier molecular flexibility index (Phi) is 6.06. The number of aryl methyl sites for hydroxylation is 2. The molecule has 3 N–H and O–H groups in total. The van der Waals surface area contributed by atoms with Crippen molar-refractivity contribution in [3.63, 3.8) is 0 Å². The number of nitrogens with two attached hydrogens (primary N) is 1. The van der Waals surface area contributed by atoms with Crippen molar-refractivity contribution in [3.8, 4) is 11.8 Å². The van der Waals surface area contributed by atoms with Gasteiger partial charge >= 0.3 is 0 Å². The predicted molar refractivity (Wildman–Crippen MR) is 107 cm³/mol. The minimum absolute atomic E-state index is 0.0799. The highest BCUT2D eigenvalue weighted by Crippen LogP contribution is 2.22. The molecule has 0 aliphatic rings. The number of rotatable bonds is 7. The zero-order valence-corrected chi connectivity index (χ0v) is 16.2. The third-order valence-corrected chi connectivity index (χ3v) is 5.34. The largest absolute Gasteiger partial charge is 0.382 e. The normalized spacial score (nSPS) is 10.6. The molecule has 2 aromatic heterocycles. The van der Waals surface area contributed by atoms with Crippen LogP contribution < -0.4 is 11.1 Å². The lowest BCUT2D eigenvalue weighted by molar-refractivity contribution is 0.0956. The topological polar surface area (TPSA) is 96.7 Å². The molecule has 0 fully saturated rings. The molecule has 0 radical (unpaired) electrons. The lowest BCUT2D eigenvalue weighted by Gasteiger charge is -2.05. The molecule has 0 bridgehead atoms. The molecule has 1 aromatic carbocycles. The van der Waals surface area contributed by atoms with Gasteiger partial charge in [0.2, 0.25) is 0 Å². The van der Waals surface area contributed by atoms with E-state index in [-0.39, 0.29) is 17.5 Å². The van der Waals surface area contributed by atoms with Gasteiger partial charge in [0, 0.05) is 6.54 Å². The molecule has 8 heteroatoms. The summed E-state index contributed by atoms with van der Waals surface area (Å²) in [5.41, 5.74) is 8.54. The number of anilines is 1. The molecule has 0 saturated heterocycles.